The van der Waals surface area contributed by atoms with E-state index in [4.69, 9.17) is 4.42 Å². The number of aryl methyl sites for hydroxylation is 1. The van der Waals surface area contributed by atoms with E-state index < -0.39 is 4.92 Å². The Bertz CT molecular complexity index is 593. The fourth-order valence-corrected chi connectivity index (χ4v) is 1.86. The Hall–Kier alpha value is -2.21. The van der Waals surface area contributed by atoms with Crippen molar-refractivity contribution in [1.29, 1.82) is 0 Å². The number of nitro benzene ring substituents is 1. The molecule has 2 aromatic rings. The molecule has 1 heterocycles. The Labute approximate surface area is 110 Å². The molecule has 0 spiro atoms. The highest BCUT2D eigenvalue weighted by Crippen LogP contribution is 2.33. The molecule has 0 fully saturated rings. The van der Waals surface area contributed by atoms with Crippen molar-refractivity contribution in [1.82, 2.24) is 10.3 Å². The number of rotatable bonds is 5. The van der Waals surface area contributed by atoms with Crippen LogP contribution in [0.1, 0.15) is 18.4 Å². The minimum Gasteiger partial charge on any atom is -0.439 e. The van der Waals surface area contributed by atoms with E-state index in [0.29, 0.717) is 23.8 Å². The topological polar surface area (TPSA) is 81.2 Å². The molecule has 0 aliphatic carbocycles. The maximum atomic E-state index is 11.1. The van der Waals surface area contributed by atoms with Gasteiger partial charge in [0, 0.05) is 6.07 Å². The Kier molecular flexibility index (Phi) is 3.91. The zero-order valence-electron chi connectivity index (χ0n) is 10.8. The van der Waals surface area contributed by atoms with Crippen LogP contribution in [0.3, 0.4) is 0 Å². The first-order chi connectivity index (χ1) is 9.13. The summed E-state index contributed by atoms with van der Waals surface area (Å²) in [6, 6.07) is 4.94. The first-order valence-electron chi connectivity index (χ1n) is 6.03. The number of nitrogens with one attached hydrogen (secondary N) is 1. The molecule has 0 bridgehead atoms. The van der Waals surface area contributed by atoms with Gasteiger partial charge in [-0.05, 0) is 19.0 Å². The quantitative estimate of drug-likeness (QED) is 0.661. The monoisotopic (exact) mass is 261 g/mol. The van der Waals surface area contributed by atoms with Gasteiger partial charge in [0.1, 0.15) is 0 Å². The zero-order chi connectivity index (χ0) is 13.8. The second-order valence-corrected chi connectivity index (χ2v) is 4.12. The average Bonchev–Trinajstić information content (AvgIpc) is 2.84. The molecule has 1 aromatic heterocycles. The molecule has 0 amide bonds. The average molecular weight is 261 g/mol. The van der Waals surface area contributed by atoms with E-state index in [1.807, 2.05) is 19.9 Å². The Morgan fingerprint density at radius 1 is 1.47 bits per heavy atom. The minimum atomic E-state index is -0.408. The highest BCUT2D eigenvalue weighted by atomic mass is 16.6. The summed E-state index contributed by atoms with van der Waals surface area (Å²) in [5.74, 6) is 0.951. The van der Waals surface area contributed by atoms with Gasteiger partial charge in [-0.25, -0.2) is 4.98 Å². The molecule has 2 rings (SSSR count). The molecule has 0 radical (unpaired) electrons. The largest absolute Gasteiger partial charge is 0.439 e. The summed E-state index contributed by atoms with van der Waals surface area (Å²) >= 11 is 0. The van der Waals surface area contributed by atoms with Gasteiger partial charge >= 0.3 is 0 Å². The van der Waals surface area contributed by atoms with Crippen molar-refractivity contribution in [3.63, 3.8) is 0 Å². The predicted molar refractivity (Wildman–Crippen MR) is 70.7 cm³/mol. The van der Waals surface area contributed by atoms with Crippen molar-refractivity contribution >= 4 is 5.69 Å². The number of hydrogen-bond acceptors (Lipinski definition) is 5. The van der Waals surface area contributed by atoms with Gasteiger partial charge in [0.2, 0.25) is 5.89 Å². The summed E-state index contributed by atoms with van der Waals surface area (Å²) < 4.78 is 5.57. The SMILES string of the molecule is CCNCc1ncc(-c2c(C)cccc2[N+](=O)[O-])o1. The van der Waals surface area contributed by atoms with Crippen LogP contribution in [0.4, 0.5) is 5.69 Å². The maximum Gasteiger partial charge on any atom is 0.280 e. The zero-order valence-corrected chi connectivity index (χ0v) is 10.8. The minimum absolute atomic E-state index is 0.0335. The normalized spacial score (nSPS) is 10.6. The van der Waals surface area contributed by atoms with Crippen molar-refractivity contribution in [3.05, 3.63) is 46.0 Å². The predicted octanol–water partition coefficient (Wildman–Crippen LogP) is 2.67. The highest BCUT2D eigenvalue weighted by Gasteiger charge is 2.20. The molecule has 0 unspecified atom stereocenters. The number of aromatic nitrogens is 1. The van der Waals surface area contributed by atoms with E-state index in [2.05, 4.69) is 10.3 Å². The lowest BCUT2D eigenvalue weighted by molar-refractivity contribution is -0.384. The van der Waals surface area contributed by atoms with Crippen LogP contribution in [0.2, 0.25) is 0 Å². The summed E-state index contributed by atoms with van der Waals surface area (Å²) in [5.41, 5.74) is 1.31. The standard InChI is InChI=1S/C13H15N3O3/c1-3-14-8-12-15-7-11(19-12)13-9(2)5-4-6-10(13)16(17)18/h4-7,14H,3,8H2,1-2H3. The van der Waals surface area contributed by atoms with Gasteiger partial charge in [-0.1, -0.05) is 19.1 Å². The van der Waals surface area contributed by atoms with Crippen LogP contribution in [0.15, 0.2) is 28.8 Å². The lowest BCUT2D eigenvalue weighted by Gasteiger charge is -2.03. The third-order valence-electron chi connectivity index (χ3n) is 2.77. The van der Waals surface area contributed by atoms with Gasteiger partial charge in [0.05, 0.1) is 23.2 Å². The fourth-order valence-electron chi connectivity index (χ4n) is 1.86. The van der Waals surface area contributed by atoms with Crippen LogP contribution < -0.4 is 5.32 Å². The summed E-state index contributed by atoms with van der Waals surface area (Å²) in [6.45, 7) is 5.11. The van der Waals surface area contributed by atoms with Gasteiger partial charge in [-0.3, -0.25) is 10.1 Å². The van der Waals surface area contributed by atoms with Gasteiger partial charge in [0.25, 0.3) is 5.69 Å². The van der Waals surface area contributed by atoms with Crippen molar-refractivity contribution < 1.29 is 9.34 Å². The number of hydrogen-bond donors (Lipinski definition) is 1. The second kappa shape index (κ2) is 5.62. The van der Waals surface area contributed by atoms with Crippen LogP contribution in [0.5, 0.6) is 0 Å². The van der Waals surface area contributed by atoms with Crippen LogP contribution in [0, 0.1) is 17.0 Å². The van der Waals surface area contributed by atoms with Crippen LogP contribution in [0.25, 0.3) is 11.3 Å². The Morgan fingerprint density at radius 2 is 2.26 bits per heavy atom. The van der Waals surface area contributed by atoms with Crippen LogP contribution >= 0.6 is 0 Å². The maximum absolute atomic E-state index is 11.1. The molecule has 6 heteroatoms. The molecule has 1 aromatic carbocycles. The van der Waals surface area contributed by atoms with Crippen molar-refractivity contribution in [3.8, 4) is 11.3 Å². The molecule has 0 aliphatic heterocycles. The van der Waals surface area contributed by atoms with Crippen LogP contribution in [-0.4, -0.2) is 16.5 Å². The third-order valence-corrected chi connectivity index (χ3v) is 2.77. The number of nitrogens with zero attached hydrogens (tertiary/aromatic N) is 2. The molecule has 6 nitrogen and oxygen atoms in total. The lowest BCUT2D eigenvalue weighted by Crippen LogP contribution is -2.11. The number of benzene rings is 1. The lowest BCUT2D eigenvalue weighted by atomic mass is 10.1. The Morgan fingerprint density at radius 3 is 2.95 bits per heavy atom. The fraction of sp³-hybridized carbons (Fsp3) is 0.308. The molecule has 0 aliphatic rings. The van der Waals surface area contributed by atoms with E-state index in [-0.39, 0.29) is 5.69 Å². The summed E-state index contributed by atoms with van der Waals surface area (Å²) in [5, 5.41) is 14.1. The van der Waals surface area contributed by atoms with Crippen LogP contribution in [-0.2, 0) is 6.54 Å². The molecule has 1 N–H and O–H groups in total. The number of nitro groups is 1. The molecular weight excluding hydrogens is 246 g/mol. The van der Waals surface area contributed by atoms with Gasteiger partial charge in [-0.2, -0.15) is 0 Å². The van der Waals surface area contributed by atoms with Gasteiger partial charge in [-0.15, -0.1) is 0 Å². The second-order valence-electron chi connectivity index (χ2n) is 4.12. The van der Waals surface area contributed by atoms with E-state index in [0.717, 1.165) is 12.1 Å². The van der Waals surface area contributed by atoms with Crippen molar-refractivity contribution in [2.24, 2.45) is 0 Å². The molecule has 0 saturated heterocycles. The Balaban J connectivity index is 2.41. The molecule has 100 valence electrons. The molecule has 0 saturated carbocycles. The first-order valence-corrected chi connectivity index (χ1v) is 6.03. The summed E-state index contributed by atoms with van der Waals surface area (Å²) in [6.07, 6.45) is 1.53. The number of oxazole rings is 1. The van der Waals surface area contributed by atoms with Gasteiger partial charge < -0.3 is 9.73 Å². The van der Waals surface area contributed by atoms with Gasteiger partial charge in [0.15, 0.2) is 5.76 Å². The van der Waals surface area contributed by atoms with Crippen molar-refractivity contribution in [2.75, 3.05) is 6.54 Å². The first kappa shape index (κ1) is 13.2. The van der Waals surface area contributed by atoms with E-state index in [1.165, 1.54) is 12.3 Å². The van der Waals surface area contributed by atoms with Crippen molar-refractivity contribution in [2.45, 2.75) is 20.4 Å². The van der Waals surface area contributed by atoms with E-state index >= 15 is 0 Å². The summed E-state index contributed by atoms with van der Waals surface area (Å²) in [7, 11) is 0. The van der Waals surface area contributed by atoms with E-state index in [1.54, 1.807) is 6.07 Å². The highest BCUT2D eigenvalue weighted by molar-refractivity contribution is 5.72. The molecule has 0 atom stereocenters. The molecule has 19 heavy (non-hydrogen) atoms. The summed E-state index contributed by atoms with van der Waals surface area (Å²) in [4.78, 5) is 14.8. The smallest absolute Gasteiger partial charge is 0.280 e. The third kappa shape index (κ3) is 2.79. The van der Waals surface area contributed by atoms with E-state index in [9.17, 15) is 10.1 Å². The molecular formula is C13H15N3O3.